The molecule has 9 nitrogen and oxygen atoms in total. The topological polar surface area (TPSA) is 104 Å². The van der Waals surface area contributed by atoms with Crippen LogP contribution in [0, 0.1) is 0 Å². The van der Waals surface area contributed by atoms with Gasteiger partial charge in [-0.3, -0.25) is 4.79 Å². The molecule has 3 rings (SSSR count). The normalized spacial score (nSPS) is 14.5. The largest absolute Gasteiger partial charge is 0.465 e. The van der Waals surface area contributed by atoms with E-state index >= 15 is 0 Å². The second kappa shape index (κ2) is 6.98. The van der Waals surface area contributed by atoms with E-state index in [4.69, 9.17) is 16.7 Å². The number of hydrogen-bond donors (Lipinski definition) is 2. The summed E-state index contributed by atoms with van der Waals surface area (Å²) < 4.78 is 1.15. The molecule has 25 heavy (non-hydrogen) atoms. The van der Waals surface area contributed by atoms with Crippen LogP contribution in [-0.4, -0.2) is 57.0 Å². The lowest BCUT2D eigenvalue weighted by Crippen LogP contribution is -2.48. The molecule has 0 bridgehead atoms. The van der Waals surface area contributed by atoms with Crippen LogP contribution in [-0.2, 0) is 7.05 Å². The number of aromatic nitrogens is 3. The maximum absolute atomic E-state index is 12.0. The zero-order chi connectivity index (χ0) is 18.0. The molecule has 1 aliphatic heterocycles. The zero-order valence-electron chi connectivity index (χ0n) is 13.5. The number of nitrogens with one attached hydrogen (secondary N) is 1. The third kappa shape index (κ3) is 3.82. The van der Waals surface area contributed by atoms with Crippen LogP contribution >= 0.6 is 11.6 Å². The van der Waals surface area contributed by atoms with Gasteiger partial charge in [0.2, 0.25) is 0 Å². The molecule has 0 radical (unpaired) electrons. The van der Waals surface area contributed by atoms with Crippen molar-refractivity contribution in [3.05, 3.63) is 39.9 Å². The Morgan fingerprint density at radius 3 is 2.60 bits per heavy atom. The van der Waals surface area contributed by atoms with Crippen molar-refractivity contribution in [1.29, 1.82) is 0 Å². The van der Waals surface area contributed by atoms with Crippen LogP contribution in [0.4, 0.5) is 22.0 Å². The van der Waals surface area contributed by atoms with Crippen LogP contribution in [0.2, 0.25) is 5.15 Å². The molecule has 10 heteroatoms. The van der Waals surface area contributed by atoms with E-state index in [1.54, 1.807) is 12.3 Å². The molecular weight excluding hydrogens is 348 g/mol. The number of rotatable bonds is 3. The number of piperazine rings is 1. The fourth-order valence-corrected chi connectivity index (χ4v) is 2.83. The molecule has 1 amide bonds. The predicted molar refractivity (Wildman–Crippen MR) is 93.8 cm³/mol. The second-order valence-corrected chi connectivity index (χ2v) is 5.98. The Balaban J connectivity index is 1.69. The molecule has 1 fully saturated rings. The fraction of sp³-hybridized carbons (Fsp3) is 0.333. The Labute approximate surface area is 148 Å². The number of amides is 1. The molecular formula is C15H17ClN6O3. The van der Waals surface area contributed by atoms with Crippen molar-refractivity contribution in [1.82, 2.24) is 19.7 Å². The van der Waals surface area contributed by atoms with E-state index in [0.717, 1.165) is 10.4 Å². The van der Waals surface area contributed by atoms with Gasteiger partial charge in [-0.05, 0) is 12.1 Å². The number of hydrogen-bond acceptors (Lipinski definition) is 6. The summed E-state index contributed by atoms with van der Waals surface area (Å²) in [6.07, 6.45) is 0.793. The smallest absolute Gasteiger partial charge is 0.407 e. The highest BCUT2D eigenvalue weighted by molar-refractivity contribution is 6.29. The van der Waals surface area contributed by atoms with Gasteiger partial charge < -0.3 is 20.2 Å². The molecule has 1 saturated heterocycles. The molecule has 1 aliphatic rings. The van der Waals surface area contributed by atoms with Crippen LogP contribution in [0.5, 0.6) is 0 Å². The van der Waals surface area contributed by atoms with Crippen molar-refractivity contribution in [2.24, 2.45) is 7.05 Å². The summed E-state index contributed by atoms with van der Waals surface area (Å²) in [6.45, 7) is 2.14. The van der Waals surface area contributed by atoms with Gasteiger partial charge in [-0.1, -0.05) is 11.6 Å². The Kier molecular flexibility index (Phi) is 4.75. The second-order valence-electron chi connectivity index (χ2n) is 5.59. The third-order valence-corrected chi connectivity index (χ3v) is 4.14. The number of carbonyl (C=O) groups is 1. The molecule has 3 heterocycles. The summed E-state index contributed by atoms with van der Waals surface area (Å²) in [5.41, 5.74) is 0.883. The molecule has 2 aromatic rings. The fourth-order valence-electron chi connectivity index (χ4n) is 2.60. The first-order valence-electron chi connectivity index (χ1n) is 7.64. The van der Waals surface area contributed by atoms with Crippen LogP contribution in [0.3, 0.4) is 0 Å². The highest BCUT2D eigenvalue weighted by atomic mass is 35.5. The van der Waals surface area contributed by atoms with Crippen molar-refractivity contribution < 1.29 is 9.90 Å². The molecule has 0 saturated carbocycles. The van der Waals surface area contributed by atoms with E-state index in [1.165, 1.54) is 18.0 Å². The molecule has 2 aromatic heterocycles. The van der Waals surface area contributed by atoms with Crippen LogP contribution in [0.15, 0.2) is 29.2 Å². The lowest BCUT2D eigenvalue weighted by Gasteiger charge is -2.34. The van der Waals surface area contributed by atoms with E-state index in [1.807, 2.05) is 6.07 Å². The predicted octanol–water partition coefficient (Wildman–Crippen LogP) is 1.37. The van der Waals surface area contributed by atoms with E-state index in [2.05, 4.69) is 20.3 Å². The lowest BCUT2D eigenvalue weighted by molar-refractivity contribution is 0.142. The molecule has 0 aromatic carbocycles. The first kappa shape index (κ1) is 17.0. The molecule has 2 N–H and O–H groups in total. The summed E-state index contributed by atoms with van der Waals surface area (Å²) in [7, 11) is 1.52. The SMILES string of the molecule is Cn1nc(Cl)cc(Nc2ccc(N3CCN(C(=O)O)CC3)cn2)c1=O. The van der Waals surface area contributed by atoms with Crippen LogP contribution < -0.4 is 15.8 Å². The number of carboxylic acid groups (broad SMARTS) is 1. The van der Waals surface area contributed by atoms with Gasteiger partial charge in [0.05, 0.1) is 11.9 Å². The van der Waals surface area contributed by atoms with Gasteiger partial charge in [-0.2, -0.15) is 5.10 Å². The van der Waals surface area contributed by atoms with Gasteiger partial charge in [-0.15, -0.1) is 0 Å². The van der Waals surface area contributed by atoms with Crippen LogP contribution in [0.1, 0.15) is 0 Å². The number of pyridine rings is 1. The summed E-state index contributed by atoms with van der Waals surface area (Å²) in [6, 6.07) is 5.08. The molecule has 0 aliphatic carbocycles. The highest BCUT2D eigenvalue weighted by Gasteiger charge is 2.20. The Bertz CT molecular complexity index is 830. The Hall–Kier alpha value is -2.81. The van der Waals surface area contributed by atoms with Crippen molar-refractivity contribution >= 4 is 34.9 Å². The van der Waals surface area contributed by atoms with E-state index in [0.29, 0.717) is 32.0 Å². The van der Waals surface area contributed by atoms with Gasteiger partial charge in [0.15, 0.2) is 5.15 Å². The van der Waals surface area contributed by atoms with Gasteiger partial charge >= 0.3 is 6.09 Å². The van der Waals surface area contributed by atoms with Crippen molar-refractivity contribution in [3.8, 4) is 0 Å². The average molecular weight is 365 g/mol. The number of halogens is 1. The molecule has 0 spiro atoms. The first-order chi connectivity index (χ1) is 11.9. The van der Waals surface area contributed by atoms with Gasteiger partial charge in [0.25, 0.3) is 5.56 Å². The number of nitrogens with zero attached hydrogens (tertiary/aromatic N) is 5. The minimum absolute atomic E-state index is 0.206. The van der Waals surface area contributed by atoms with Gasteiger partial charge in [0.1, 0.15) is 11.5 Å². The van der Waals surface area contributed by atoms with Gasteiger partial charge in [-0.25, -0.2) is 14.5 Å². The minimum Gasteiger partial charge on any atom is -0.465 e. The highest BCUT2D eigenvalue weighted by Crippen LogP contribution is 2.19. The van der Waals surface area contributed by atoms with E-state index in [-0.39, 0.29) is 16.4 Å². The standard InChI is InChI=1S/C15H17ClN6O3/c1-20-14(23)11(8-12(16)19-20)18-13-3-2-10(9-17-13)21-4-6-22(7-5-21)15(24)25/h2-3,8-9H,4-7H2,1H3,(H,17,18)(H,24,25). The first-order valence-corrected chi connectivity index (χ1v) is 8.01. The zero-order valence-corrected chi connectivity index (χ0v) is 14.3. The molecule has 0 atom stereocenters. The molecule has 132 valence electrons. The number of aryl methyl sites for hydroxylation is 1. The third-order valence-electron chi connectivity index (χ3n) is 3.96. The molecule has 0 unspecified atom stereocenters. The van der Waals surface area contributed by atoms with Crippen molar-refractivity contribution in [2.75, 3.05) is 36.4 Å². The average Bonchev–Trinajstić information content (AvgIpc) is 2.60. The Morgan fingerprint density at radius 2 is 2.00 bits per heavy atom. The Morgan fingerprint density at radius 1 is 1.28 bits per heavy atom. The summed E-state index contributed by atoms with van der Waals surface area (Å²) in [5.74, 6) is 0.507. The maximum Gasteiger partial charge on any atom is 0.407 e. The lowest BCUT2D eigenvalue weighted by atomic mass is 10.3. The van der Waals surface area contributed by atoms with Crippen molar-refractivity contribution in [3.63, 3.8) is 0 Å². The number of anilines is 3. The maximum atomic E-state index is 12.0. The van der Waals surface area contributed by atoms with E-state index < -0.39 is 6.09 Å². The summed E-state index contributed by atoms with van der Waals surface area (Å²) in [4.78, 5) is 30.7. The minimum atomic E-state index is -0.894. The summed E-state index contributed by atoms with van der Waals surface area (Å²) in [5, 5.41) is 15.9. The van der Waals surface area contributed by atoms with E-state index in [9.17, 15) is 9.59 Å². The van der Waals surface area contributed by atoms with Crippen molar-refractivity contribution in [2.45, 2.75) is 0 Å². The van der Waals surface area contributed by atoms with Gasteiger partial charge in [0, 0.05) is 39.3 Å². The quantitative estimate of drug-likeness (QED) is 0.847. The summed E-state index contributed by atoms with van der Waals surface area (Å²) >= 11 is 5.87. The monoisotopic (exact) mass is 364 g/mol. The van der Waals surface area contributed by atoms with Crippen LogP contribution in [0.25, 0.3) is 0 Å².